The molecule has 0 aliphatic rings. The molecule has 1 aromatic carbocycles. The fourth-order valence-corrected chi connectivity index (χ4v) is 1.23. The highest BCUT2D eigenvalue weighted by Crippen LogP contribution is 2.16. The third-order valence-corrected chi connectivity index (χ3v) is 2.12. The Balaban J connectivity index is 2.73. The average Bonchev–Trinajstić information content (AvgIpc) is 2.18. The summed E-state index contributed by atoms with van der Waals surface area (Å²) in [5, 5.41) is 1.67. The van der Waals surface area contributed by atoms with Crippen molar-refractivity contribution in [3.8, 4) is 0 Å². The summed E-state index contributed by atoms with van der Waals surface area (Å²) in [6.07, 6.45) is 0.223. The highest BCUT2D eigenvalue weighted by Gasteiger charge is 2.10. The van der Waals surface area contributed by atoms with Gasteiger partial charge in [-0.05, 0) is 24.3 Å². The van der Waals surface area contributed by atoms with E-state index in [1.165, 1.54) is 0 Å². The molecule has 76 valence electrons. The van der Waals surface area contributed by atoms with Crippen LogP contribution in [-0.4, -0.2) is 11.8 Å². The van der Waals surface area contributed by atoms with E-state index >= 15 is 0 Å². The first-order valence-electron chi connectivity index (χ1n) is 4.04. The number of hydrogen-bond acceptors (Lipinski definition) is 2. The molecule has 0 heterocycles. The highest BCUT2D eigenvalue weighted by molar-refractivity contribution is 6.30. The fraction of sp³-hybridized carbons (Fsp3) is 0.222. The molecule has 0 atom stereocenters. The second-order valence-corrected chi connectivity index (χ2v) is 3.49. The van der Waals surface area contributed by atoms with Crippen molar-refractivity contribution >= 4 is 34.8 Å². The molecule has 0 fully saturated rings. The van der Waals surface area contributed by atoms with E-state index < -0.39 is 0 Å². The number of benzene rings is 1. The summed E-state index contributed by atoms with van der Waals surface area (Å²) >= 11 is 11.1. The van der Waals surface area contributed by atoms with Gasteiger partial charge in [-0.3, -0.25) is 4.79 Å². The predicted octanol–water partition coefficient (Wildman–Crippen LogP) is 2.18. The SMILES string of the molecule is NN(C(=O)CCCl)c1ccc(Cl)cc1. The lowest BCUT2D eigenvalue weighted by atomic mass is 10.3. The number of halogens is 2. The van der Waals surface area contributed by atoms with Gasteiger partial charge in [0.2, 0.25) is 5.91 Å². The number of hydrogen-bond donors (Lipinski definition) is 1. The molecule has 0 spiro atoms. The Morgan fingerprint density at radius 1 is 1.36 bits per heavy atom. The van der Waals surface area contributed by atoms with Crippen LogP contribution >= 0.6 is 23.2 Å². The molecule has 5 heteroatoms. The van der Waals surface area contributed by atoms with E-state index in [1.54, 1.807) is 24.3 Å². The Kier molecular flexibility index (Phi) is 4.20. The minimum absolute atomic E-state index is 0.220. The molecule has 0 aromatic heterocycles. The quantitative estimate of drug-likeness (QED) is 0.376. The molecular weight excluding hydrogens is 223 g/mol. The van der Waals surface area contributed by atoms with Crippen LogP contribution in [0.4, 0.5) is 5.69 Å². The summed E-state index contributed by atoms with van der Waals surface area (Å²) in [6, 6.07) is 6.69. The van der Waals surface area contributed by atoms with Gasteiger partial charge in [0, 0.05) is 17.3 Å². The summed E-state index contributed by atoms with van der Waals surface area (Å²) in [5.74, 6) is 5.60. The van der Waals surface area contributed by atoms with Gasteiger partial charge in [-0.15, -0.1) is 11.6 Å². The smallest absolute Gasteiger partial charge is 0.242 e. The molecule has 0 aliphatic heterocycles. The van der Waals surface area contributed by atoms with Crippen LogP contribution in [0.5, 0.6) is 0 Å². The molecule has 1 aromatic rings. The molecule has 0 bridgehead atoms. The molecule has 0 unspecified atom stereocenters. The molecule has 3 nitrogen and oxygen atoms in total. The Bertz CT molecular complexity index is 313. The van der Waals surface area contributed by atoms with Gasteiger partial charge in [-0.2, -0.15) is 0 Å². The number of amides is 1. The summed E-state index contributed by atoms with van der Waals surface area (Å²) in [7, 11) is 0. The maximum Gasteiger partial charge on any atom is 0.242 e. The minimum Gasteiger partial charge on any atom is -0.273 e. The van der Waals surface area contributed by atoms with Crippen LogP contribution in [-0.2, 0) is 4.79 Å². The Morgan fingerprint density at radius 3 is 2.43 bits per heavy atom. The van der Waals surface area contributed by atoms with Crippen molar-refractivity contribution in [3.05, 3.63) is 29.3 Å². The van der Waals surface area contributed by atoms with Crippen molar-refractivity contribution in [2.24, 2.45) is 5.84 Å². The molecule has 2 N–H and O–H groups in total. The maximum absolute atomic E-state index is 11.3. The molecule has 0 saturated carbocycles. The van der Waals surface area contributed by atoms with E-state index in [9.17, 15) is 4.79 Å². The second-order valence-electron chi connectivity index (χ2n) is 2.68. The van der Waals surface area contributed by atoms with Crippen molar-refractivity contribution in [3.63, 3.8) is 0 Å². The van der Waals surface area contributed by atoms with Crippen LogP contribution in [0.3, 0.4) is 0 Å². The van der Waals surface area contributed by atoms with Crippen LogP contribution < -0.4 is 10.9 Å². The summed E-state index contributed by atoms with van der Waals surface area (Å²) in [4.78, 5) is 11.3. The number of hydrazine groups is 1. The summed E-state index contributed by atoms with van der Waals surface area (Å²) in [6.45, 7) is 0. The molecule has 1 amide bonds. The van der Waals surface area contributed by atoms with Crippen molar-refractivity contribution in [2.45, 2.75) is 6.42 Å². The number of alkyl halides is 1. The van der Waals surface area contributed by atoms with Gasteiger partial charge in [0.05, 0.1) is 5.69 Å². The van der Waals surface area contributed by atoms with Gasteiger partial charge in [0.1, 0.15) is 0 Å². The summed E-state index contributed by atoms with van der Waals surface area (Å²) < 4.78 is 0. The van der Waals surface area contributed by atoms with Crippen molar-refractivity contribution in [1.82, 2.24) is 0 Å². The highest BCUT2D eigenvalue weighted by atomic mass is 35.5. The first-order chi connectivity index (χ1) is 6.65. The molecule has 0 saturated heterocycles. The van der Waals surface area contributed by atoms with Gasteiger partial charge in [0.25, 0.3) is 0 Å². The van der Waals surface area contributed by atoms with Crippen molar-refractivity contribution in [1.29, 1.82) is 0 Å². The first-order valence-corrected chi connectivity index (χ1v) is 4.95. The molecule has 1 rings (SSSR count). The van der Waals surface area contributed by atoms with Gasteiger partial charge in [-0.25, -0.2) is 10.9 Å². The minimum atomic E-state index is -0.220. The summed E-state index contributed by atoms with van der Waals surface area (Å²) in [5.41, 5.74) is 0.601. The monoisotopic (exact) mass is 232 g/mol. The normalized spacial score (nSPS) is 9.93. The van der Waals surface area contributed by atoms with E-state index in [2.05, 4.69) is 0 Å². The standard InChI is InChI=1S/C9H10Cl2N2O/c10-6-5-9(14)13(12)8-3-1-7(11)2-4-8/h1-4H,5-6,12H2. The average molecular weight is 233 g/mol. The van der Waals surface area contributed by atoms with E-state index in [1.807, 2.05) is 0 Å². The number of nitrogens with two attached hydrogens (primary N) is 1. The number of nitrogens with zero attached hydrogens (tertiary/aromatic N) is 1. The van der Waals surface area contributed by atoms with Crippen LogP contribution in [0.2, 0.25) is 5.02 Å². The largest absolute Gasteiger partial charge is 0.273 e. The van der Waals surface area contributed by atoms with E-state index in [-0.39, 0.29) is 18.2 Å². The number of rotatable bonds is 3. The van der Waals surface area contributed by atoms with E-state index in [0.29, 0.717) is 10.7 Å². The second kappa shape index (κ2) is 5.20. The van der Waals surface area contributed by atoms with Crippen LogP contribution in [0.15, 0.2) is 24.3 Å². The Hall–Kier alpha value is -0.770. The lowest BCUT2D eigenvalue weighted by Gasteiger charge is -2.15. The Labute approximate surface area is 92.4 Å². The zero-order chi connectivity index (χ0) is 10.6. The van der Waals surface area contributed by atoms with Crippen LogP contribution in [0.25, 0.3) is 0 Å². The lowest BCUT2D eigenvalue weighted by Crippen LogP contribution is -2.37. The predicted molar refractivity (Wildman–Crippen MR) is 58.5 cm³/mol. The van der Waals surface area contributed by atoms with Crippen LogP contribution in [0.1, 0.15) is 6.42 Å². The van der Waals surface area contributed by atoms with E-state index in [4.69, 9.17) is 29.0 Å². The van der Waals surface area contributed by atoms with Crippen molar-refractivity contribution in [2.75, 3.05) is 10.9 Å². The third kappa shape index (κ3) is 2.87. The van der Waals surface area contributed by atoms with Gasteiger partial charge in [-0.1, -0.05) is 11.6 Å². The number of anilines is 1. The lowest BCUT2D eigenvalue weighted by molar-refractivity contribution is -0.118. The maximum atomic E-state index is 11.3. The molecule has 0 radical (unpaired) electrons. The number of carbonyl (C=O) groups is 1. The zero-order valence-corrected chi connectivity index (χ0v) is 8.92. The van der Waals surface area contributed by atoms with E-state index in [0.717, 1.165) is 5.01 Å². The molecule has 14 heavy (non-hydrogen) atoms. The van der Waals surface area contributed by atoms with Gasteiger partial charge in [0.15, 0.2) is 0 Å². The fourth-order valence-electron chi connectivity index (χ4n) is 0.947. The Morgan fingerprint density at radius 2 is 1.93 bits per heavy atom. The molecule has 0 aliphatic carbocycles. The third-order valence-electron chi connectivity index (χ3n) is 1.68. The topological polar surface area (TPSA) is 46.3 Å². The van der Waals surface area contributed by atoms with Gasteiger partial charge >= 0.3 is 0 Å². The van der Waals surface area contributed by atoms with Gasteiger partial charge < -0.3 is 0 Å². The van der Waals surface area contributed by atoms with Crippen LogP contribution in [0, 0.1) is 0 Å². The zero-order valence-electron chi connectivity index (χ0n) is 7.41. The first kappa shape index (κ1) is 11.3. The number of carbonyl (C=O) groups excluding carboxylic acids is 1. The molecular formula is C9H10Cl2N2O. The van der Waals surface area contributed by atoms with Crippen molar-refractivity contribution < 1.29 is 4.79 Å².